The van der Waals surface area contributed by atoms with E-state index in [9.17, 15) is 0 Å². The lowest BCUT2D eigenvalue weighted by Gasteiger charge is -2.36. The minimum atomic E-state index is 0.166. The fourth-order valence-corrected chi connectivity index (χ4v) is 4.61. The molecule has 1 aliphatic heterocycles. The number of aromatic nitrogens is 3. The van der Waals surface area contributed by atoms with Crippen LogP contribution in [0.15, 0.2) is 78.9 Å². The van der Waals surface area contributed by atoms with Gasteiger partial charge in [0.05, 0.1) is 11.6 Å². The number of hydrogen-bond acceptors (Lipinski definition) is 4. The number of benzene rings is 3. The molecule has 3 aromatic carbocycles. The van der Waals surface area contributed by atoms with E-state index < -0.39 is 0 Å². The molecule has 4 aromatic rings. The second-order valence-electron chi connectivity index (χ2n) is 8.05. The number of hydrogen-bond donors (Lipinski definition) is 0. The van der Waals surface area contributed by atoms with Gasteiger partial charge in [-0.05, 0) is 42.3 Å². The molecule has 1 saturated heterocycles. The molecule has 1 aromatic heterocycles. The third-order valence-electron chi connectivity index (χ3n) is 6.12. The molecule has 2 heterocycles. The van der Waals surface area contributed by atoms with E-state index in [0.29, 0.717) is 0 Å². The van der Waals surface area contributed by atoms with E-state index in [1.165, 1.54) is 11.3 Å². The Morgan fingerprint density at radius 1 is 0.839 bits per heavy atom. The van der Waals surface area contributed by atoms with E-state index in [4.69, 9.17) is 11.6 Å². The molecule has 1 atom stereocenters. The minimum Gasteiger partial charge on any atom is -0.369 e. The third-order valence-corrected chi connectivity index (χ3v) is 6.36. The van der Waals surface area contributed by atoms with Gasteiger partial charge in [-0.1, -0.05) is 65.3 Å². The van der Waals surface area contributed by atoms with Crippen molar-refractivity contribution in [1.29, 1.82) is 0 Å². The minimum absolute atomic E-state index is 0.166. The van der Waals surface area contributed by atoms with Crippen LogP contribution in [0.2, 0.25) is 5.02 Å². The summed E-state index contributed by atoms with van der Waals surface area (Å²) >= 11 is 6.18. The maximum atomic E-state index is 6.18. The topological polar surface area (TPSA) is 37.2 Å². The molecule has 1 aliphatic rings. The van der Waals surface area contributed by atoms with E-state index in [1.807, 2.05) is 24.3 Å². The molecule has 0 radical (unpaired) electrons. The van der Waals surface area contributed by atoms with E-state index >= 15 is 0 Å². The van der Waals surface area contributed by atoms with Crippen LogP contribution >= 0.6 is 11.6 Å². The molecule has 5 nitrogen and oxygen atoms in total. The predicted octanol–water partition coefficient (Wildman–Crippen LogP) is 4.89. The summed E-state index contributed by atoms with van der Waals surface area (Å²) in [5.74, 6) is 0. The standard InChI is InChI=1S/C25H26ClN5/c26-21-9-6-10-22(19-21)30-17-15-29(16-18-30)14-13-24(20-7-2-1-3-8-20)31-25-12-5-4-11-23(25)27-28-31/h1-12,19,24H,13-18H2. The van der Waals surface area contributed by atoms with Gasteiger partial charge in [-0.15, -0.1) is 5.10 Å². The van der Waals surface area contributed by atoms with Gasteiger partial charge < -0.3 is 4.90 Å². The molecule has 0 bridgehead atoms. The summed E-state index contributed by atoms with van der Waals surface area (Å²) in [5.41, 5.74) is 4.51. The largest absolute Gasteiger partial charge is 0.369 e. The van der Waals surface area contributed by atoms with Crippen LogP contribution in [0, 0.1) is 0 Å². The van der Waals surface area contributed by atoms with Crippen molar-refractivity contribution in [2.75, 3.05) is 37.6 Å². The average molecular weight is 432 g/mol. The van der Waals surface area contributed by atoms with Crippen molar-refractivity contribution in [3.05, 3.63) is 89.4 Å². The van der Waals surface area contributed by atoms with Gasteiger partial charge in [0.1, 0.15) is 5.52 Å². The summed E-state index contributed by atoms with van der Waals surface area (Å²) in [5, 5.41) is 9.71. The Labute approximate surface area is 187 Å². The highest BCUT2D eigenvalue weighted by Gasteiger charge is 2.22. The van der Waals surface area contributed by atoms with Crippen molar-refractivity contribution in [2.45, 2.75) is 12.5 Å². The van der Waals surface area contributed by atoms with Crippen LogP contribution in [0.3, 0.4) is 0 Å². The molecular formula is C25H26ClN5. The zero-order valence-corrected chi connectivity index (χ0v) is 18.2. The second-order valence-corrected chi connectivity index (χ2v) is 8.48. The number of fused-ring (bicyclic) bond motifs is 1. The highest BCUT2D eigenvalue weighted by Crippen LogP contribution is 2.26. The van der Waals surface area contributed by atoms with Crippen molar-refractivity contribution >= 4 is 28.3 Å². The van der Waals surface area contributed by atoms with Crippen LogP contribution in [0.1, 0.15) is 18.0 Å². The monoisotopic (exact) mass is 431 g/mol. The number of para-hydroxylation sites is 1. The fourth-order valence-electron chi connectivity index (χ4n) is 4.43. The number of nitrogens with zero attached hydrogens (tertiary/aromatic N) is 5. The van der Waals surface area contributed by atoms with Crippen molar-refractivity contribution in [2.24, 2.45) is 0 Å². The second kappa shape index (κ2) is 9.08. The lowest BCUT2D eigenvalue weighted by Crippen LogP contribution is -2.47. The van der Waals surface area contributed by atoms with Gasteiger partial charge in [-0.2, -0.15) is 0 Å². The Morgan fingerprint density at radius 2 is 1.61 bits per heavy atom. The van der Waals surface area contributed by atoms with Crippen LogP contribution in [-0.4, -0.2) is 52.6 Å². The van der Waals surface area contributed by atoms with Crippen LogP contribution in [0.25, 0.3) is 11.0 Å². The zero-order valence-electron chi connectivity index (χ0n) is 17.4. The molecule has 0 amide bonds. The van der Waals surface area contributed by atoms with Crippen LogP contribution in [0.5, 0.6) is 0 Å². The van der Waals surface area contributed by atoms with E-state index in [0.717, 1.165) is 55.2 Å². The fraction of sp³-hybridized carbons (Fsp3) is 0.280. The molecule has 0 N–H and O–H groups in total. The summed E-state index contributed by atoms with van der Waals surface area (Å²) in [4.78, 5) is 4.97. The van der Waals surface area contributed by atoms with Crippen molar-refractivity contribution in [3.8, 4) is 0 Å². The summed E-state index contributed by atoms with van der Waals surface area (Å²) < 4.78 is 2.09. The lowest BCUT2D eigenvalue weighted by molar-refractivity contribution is 0.242. The Kier molecular flexibility index (Phi) is 5.87. The highest BCUT2D eigenvalue weighted by molar-refractivity contribution is 6.30. The van der Waals surface area contributed by atoms with Gasteiger partial charge >= 0.3 is 0 Å². The molecular weight excluding hydrogens is 406 g/mol. The number of rotatable bonds is 6. The maximum Gasteiger partial charge on any atom is 0.113 e. The predicted molar refractivity (Wildman–Crippen MR) is 127 cm³/mol. The van der Waals surface area contributed by atoms with Gasteiger partial charge in [-0.25, -0.2) is 4.68 Å². The first-order valence-electron chi connectivity index (χ1n) is 10.9. The Hall–Kier alpha value is -2.89. The van der Waals surface area contributed by atoms with Gasteiger partial charge in [0.2, 0.25) is 0 Å². The number of anilines is 1. The van der Waals surface area contributed by atoms with Gasteiger partial charge in [0.15, 0.2) is 0 Å². The molecule has 31 heavy (non-hydrogen) atoms. The van der Waals surface area contributed by atoms with E-state index in [1.54, 1.807) is 0 Å². The Balaban J connectivity index is 1.29. The van der Waals surface area contributed by atoms with Crippen molar-refractivity contribution in [3.63, 3.8) is 0 Å². The molecule has 0 spiro atoms. The Morgan fingerprint density at radius 3 is 2.42 bits per heavy atom. The van der Waals surface area contributed by atoms with Crippen molar-refractivity contribution in [1.82, 2.24) is 19.9 Å². The van der Waals surface area contributed by atoms with Crippen LogP contribution < -0.4 is 4.90 Å². The maximum absolute atomic E-state index is 6.18. The van der Waals surface area contributed by atoms with Gasteiger partial charge in [0, 0.05) is 43.4 Å². The Bertz CT molecular complexity index is 1130. The lowest BCUT2D eigenvalue weighted by atomic mass is 10.0. The molecule has 1 fully saturated rings. The van der Waals surface area contributed by atoms with Crippen LogP contribution in [0.4, 0.5) is 5.69 Å². The van der Waals surface area contributed by atoms with Gasteiger partial charge in [-0.3, -0.25) is 4.90 Å². The first kappa shape index (κ1) is 20.0. The van der Waals surface area contributed by atoms with Crippen molar-refractivity contribution < 1.29 is 0 Å². The first-order valence-corrected chi connectivity index (χ1v) is 11.2. The third kappa shape index (κ3) is 4.43. The normalized spacial score (nSPS) is 16.0. The van der Waals surface area contributed by atoms with Gasteiger partial charge in [0.25, 0.3) is 0 Å². The molecule has 5 rings (SSSR count). The molecule has 0 aliphatic carbocycles. The van der Waals surface area contributed by atoms with Crippen LogP contribution in [-0.2, 0) is 0 Å². The first-order chi connectivity index (χ1) is 15.3. The summed E-state index contributed by atoms with van der Waals surface area (Å²) in [7, 11) is 0. The number of piperazine rings is 1. The molecule has 0 saturated carbocycles. The summed E-state index contributed by atoms with van der Waals surface area (Å²) in [6, 6.07) is 27.2. The summed E-state index contributed by atoms with van der Waals surface area (Å²) in [6.45, 7) is 5.15. The quantitative estimate of drug-likeness (QED) is 0.435. The number of halogens is 1. The SMILES string of the molecule is Clc1cccc(N2CCN(CCC(c3ccccc3)n3nnc4ccccc43)CC2)c1. The highest BCUT2D eigenvalue weighted by atomic mass is 35.5. The smallest absolute Gasteiger partial charge is 0.113 e. The zero-order chi connectivity index (χ0) is 21.0. The molecule has 1 unspecified atom stereocenters. The van der Waals surface area contributed by atoms with E-state index in [2.05, 4.69) is 79.4 Å². The molecule has 6 heteroatoms. The summed E-state index contributed by atoms with van der Waals surface area (Å²) in [6.07, 6.45) is 0.995. The van der Waals surface area contributed by atoms with E-state index in [-0.39, 0.29) is 6.04 Å². The molecule has 158 valence electrons. The average Bonchev–Trinajstić information content (AvgIpc) is 3.24.